The van der Waals surface area contributed by atoms with Crippen LogP contribution in [0.15, 0.2) is 48.5 Å². The van der Waals surface area contributed by atoms with Gasteiger partial charge in [0.05, 0.1) is 6.04 Å². The fourth-order valence-electron chi connectivity index (χ4n) is 2.21. The highest BCUT2D eigenvalue weighted by atomic mass is 19.1. The van der Waals surface area contributed by atoms with Crippen molar-refractivity contribution in [3.63, 3.8) is 0 Å². The standard InChI is InChI=1S/C17H19FN2O/c1-3-16(12-7-9-14(18)10-8-12)20-15-6-4-5-13(11-15)17(21)19-2/h4-11,16,20H,3H2,1-2H3,(H,19,21). The van der Waals surface area contributed by atoms with Gasteiger partial charge in [-0.25, -0.2) is 4.39 Å². The summed E-state index contributed by atoms with van der Waals surface area (Å²) in [6, 6.07) is 13.9. The maximum Gasteiger partial charge on any atom is 0.251 e. The number of carbonyl (C=O) groups excluding carboxylic acids is 1. The Balaban J connectivity index is 2.18. The smallest absolute Gasteiger partial charge is 0.251 e. The van der Waals surface area contributed by atoms with Gasteiger partial charge < -0.3 is 10.6 Å². The molecule has 1 amide bonds. The quantitative estimate of drug-likeness (QED) is 0.879. The highest BCUT2D eigenvalue weighted by molar-refractivity contribution is 5.94. The van der Waals surface area contributed by atoms with Crippen LogP contribution >= 0.6 is 0 Å². The zero-order valence-electron chi connectivity index (χ0n) is 12.2. The van der Waals surface area contributed by atoms with E-state index >= 15 is 0 Å². The lowest BCUT2D eigenvalue weighted by Gasteiger charge is -2.19. The minimum atomic E-state index is -0.241. The summed E-state index contributed by atoms with van der Waals surface area (Å²) in [5, 5.41) is 5.99. The minimum Gasteiger partial charge on any atom is -0.378 e. The number of rotatable bonds is 5. The monoisotopic (exact) mass is 286 g/mol. The molecule has 0 spiro atoms. The van der Waals surface area contributed by atoms with Crippen LogP contribution in [0.3, 0.4) is 0 Å². The van der Waals surface area contributed by atoms with E-state index in [1.807, 2.05) is 18.2 Å². The third-order valence-corrected chi connectivity index (χ3v) is 3.37. The summed E-state index contributed by atoms with van der Waals surface area (Å²) in [5.74, 6) is -0.358. The van der Waals surface area contributed by atoms with Crippen LogP contribution in [0.4, 0.5) is 10.1 Å². The van der Waals surface area contributed by atoms with E-state index in [1.54, 1.807) is 25.2 Å². The topological polar surface area (TPSA) is 41.1 Å². The van der Waals surface area contributed by atoms with Crippen molar-refractivity contribution in [2.24, 2.45) is 0 Å². The molecular weight excluding hydrogens is 267 g/mol. The van der Waals surface area contributed by atoms with Crippen LogP contribution in [0.1, 0.15) is 35.3 Å². The number of carbonyl (C=O) groups is 1. The van der Waals surface area contributed by atoms with E-state index in [0.717, 1.165) is 17.7 Å². The van der Waals surface area contributed by atoms with E-state index in [0.29, 0.717) is 5.56 Å². The summed E-state index contributed by atoms with van der Waals surface area (Å²) in [6.45, 7) is 2.06. The van der Waals surface area contributed by atoms with E-state index in [2.05, 4.69) is 17.6 Å². The molecule has 0 heterocycles. The molecule has 0 aliphatic rings. The van der Waals surface area contributed by atoms with Gasteiger partial charge in [-0.3, -0.25) is 4.79 Å². The van der Waals surface area contributed by atoms with Crippen LogP contribution < -0.4 is 10.6 Å². The van der Waals surface area contributed by atoms with Gasteiger partial charge in [-0.15, -0.1) is 0 Å². The molecule has 110 valence electrons. The fourth-order valence-corrected chi connectivity index (χ4v) is 2.21. The molecule has 0 saturated carbocycles. The summed E-state index contributed by atoms with van der Waals surface area (Å²) in [6.07, 6.45) is 0.857. The van der Waals surface area contributed by atoms with Crippen LogP contribution in [-0.2, 0) is 0 Å². The number of hydrogen-bond donors (Lipinski definition) is 2. The summed E-state index contributed by atoms with van der Waals surface area (Å²) >= 11 is 0. The van der Waals surface area contributed by atoms with E-state index in [4.69, 9.17) is 0 Å². The Hall–Kier alpha value is -2.36. The van der Waals surface area contributed by atoms with Gasteiger partial charge in [0.25, 0.3) is 5.91 Å². The molecule has 21 heavy (non-hydrogen) atoms. The molecule has 0 aliphatic heterocycles. The molecule has 2 aromatic carbocycles. The van der Waals surface area contributed by atoms with Crippen LogP contribution in [0.2, 0.25) is 0 Å². The molecule has 0 aliphatic carbocycles. The first-order valence-electron chi connectivity index (χ1n) is 6.98. The molecule has 0 bridgehead atoms. The number of nitrogens with one attached hydrogen (secondary N) is 2. The first-order valence-corrected chi connectivity index (χ1v) is 6.98. The SMILES string of the molecule is CCC(Nc1cccc(C(=O)NC)c1)c1ccc(F)cc1. The van der Waals surface area contributed by atoms with Crippen molar-refractivity contribution in [1.82, 2.24) is 5.32 Å². The van der Waals surface area contributed by atoms with Gasteiger partial charge >= 0.3 is 0 Å². The third kappa shape index (κ3) is 3.81. The first kappa shape index (κ1) is 15.0. The number of anilines is 1. The molecule has 1 atom stereocenters. The average Bonchev–Trinajstić information content (AvgIpc) is 2.53. The van der Waals surface area contributed by atoms with Crippen molar-refractivity contribution < 1.29 is 9.18 Å². The molecule has 2 aromatic rings. The number of benzene rings is 2. The van der Waals surface area contributed by atoms with Crippen molar-refractivity contribution in [3.8, 4) is 0 Å². The zero-order valence-corrected chi connectivity index (χ0v) is 12.2. The van der Waals surface area contributed by atoms with E-state index in [1.165, 1.54) is 12.1 Å². The molecular formula is C17H19FN2O. The molecule has 3 nitrogen and oxygen atoms in total. The second kappa shape index (κ2) is 6.88. The molecule has 1 unspecified atom stereocenters. The Labute approximate surface area is 124 Å². The Morgan fingerprint density at radius 3 is 2.52 bits per heavy atom. The van der Waals surface area contributed by atoms with Gasteiger partial charge in [0.2, 0.25) is 0 Å². The number of halogens is 1. The maximum absolute atomic E-state index is 13.0. The van der Waals surface area contributed by atoms with E-state index in [-0.39, 0.29) is 17.8 Å². The van der Waals surface area contributed by atoms with Crippen LogP contribution in [0, 0.1) is 5.82 Å². The maximum atomic E-state index is 13.0. The van der Waals surface area contributed by atoms with Crippen LogP contribution in [0.5, 0.6) is 0 Å². The molecule has 0 radical (unpaired) electrons. The number of amides is 1. The molecule has 2 N–H and O–H groups in total. The van der Waals surface area contributed by atoms with Gasteiger partial charge in [-0.2, -0.15) is 0 Å². The van der Waals surface area contributed by atoms with Crippen molar-refractivity contribution in [1.29, 1.82) is 0 Å². The van der Waals surface area contributed by atoms with Gasteiger partial charge in [0.1, 0.15) is 5.82 Å². The first-order chi connectivity index (χ1) is 10.1. The second-order valence-electron chi connectivity index (χ2n) is 4.82. The van der Waals surface area contributed by atoms with Gasteiger partial charge in [-0.1, -0.05) is 25.1 Å². The average molecular weight is 286 g/mol. The molecule has 4 heteroatoms. The largest absolute Gasteiger partial charge is 0.378 e. The van der Waals surface area contributed by atoms with Gasteiger partial charge in [0.15, 0.2) is 0 Å². The highest BCUT2D eigenvalue weighted by Crippen LogP contribution is 2.23. The highest BCUT2D eigenvalue weighted by Gasteiger charge is 2.10. The van der Waals surface area contributed by atoms with E-state index in [9.17, 15) is 9.18 Å². The van der Waals surface area contributed by atoms with Crippen LogP contribution in [0.25, 0.3) is 0 Å². The lowest BCUT2D eigenvalue weighted by atomic mass is 10.0. The van der Waals surface area contributed by atoms with Crippen LogP contribution in [-0.4, -0.2) is 13.0 Å². The molecule has 2 rings (SSSR count). The lowest BCUT2D eigenvalue weighted by Crippen LogP contribution is -2.18. The summed E-state index contributed by atoms with van der Waals surface area (Å²) < 4.78 is 13.0. The minimum absolute atomic E-state index is 0.0746. The Kier molecular flexibility index (Phi) is 4.93. The molecule has 0 saturated heterocycles. The predicted octanol–water partition coefficient (Wildman–Crippen LogP) is 3.75. The Morgan fingerprint density at radius 1 is 1.19 bits per heavy atom. The van der Waals surface area contributed by atoms with Crippen molar-refractivity contribution in [3.05, 3.63) is 65.5 Å². The van der Waals surface area contributed by atoms with Crippen molar-refractivity contribution in [2.45, 2.75) is 19.4 Å². The van der Waals surface area contributed by atoms with Gasteiger partial charge in [0, 0.05) is 18.3 Å². The summed E-state index contributed by atoms with van der Waals surface area (Å²) in [7, 11) is 1.61. The molecule has 0 fully saturated rings. The fraction of sp³-hybridized carbons (Fsp3) is 0.235. The van der Waals surface area contributed by atoms with Crippen molar-refractivity contribution >= 4 is 11.6 Å². The summed E-state index contributed by atoms with van der Waals surface area (Å²) in [5.41, 5.74) is 2.49. The Morgan fingerprint density at radius 2 is 1.90 bits per heavy atom. The van der Waals surface area contributed by atoms with Gasteiger partial charge in [-0.05, 0) is 42.3 Å². The lowest BCUT2D eigenvalue weighted by molar-refractivity contribution is 0.0963. The summed E-state index contributed by atoms with van der Waals surface area (Å²) in [4.78, 5) is 11.6. The zero-order chi connectivity index (χ0) is 15.2. The third-order valence-electron chi connectivity index (χ3n) is 3.37. The van der Waals surface area contributed by atoms with Crippen molar-refractivity contribution in [2.75, 3.05) is 12.4 Å². The molecule has 0 aromatic heterocycles. The number of hydrogen-bond acceptors (Lipinski definition) is 2. The van der Waals surface area contributed by atoms with E-state index < -0.39 is 0 Å². The Bertz CT molecular complexity index is 610. The second-order valence-corrected chi connectivity index (χ2v) is 4.82. The predicted molar refractivity (Wildman–Crippen MR) is 82.9 cm³/mol. The normalized spacial score (nSPS) is 11.8.